The minimum atomic E-state index is -0.441. The first kappa shape index (κ1) is 13.4. The van der Waals surface area contributed by atoms with Crippen molar-refractivity contribution in [3.05, 3.63) is 34.8 Å². The zero-order valence-electron chi connectivity index (χ0n) is 10.2. The van der Waals surface area contributed by atoms with E-state index in [4.69, 9.17) is 4.74 Å². The zero-order valence-corrected chi connectivity index (χ0v) is 11.7. The van der Waals surface area contributed by atoms with Gasteiger partial charge in [-0.1, -0.05) is 28.1 Å². The number of carbonyl (C=O) groups excluding carboxylic acids is 1. The minimum Gasteiger partial charge on any atom is -0.463 e. The van der Waals surface area contributed by atoms with E-state index in [0.29, 0.717) is 12.4 Å². The summed E-state index contributed by atoms with van der Waals surface area (Å²) in [5, 5.41) is 11.9. The lowest BCUT2D eigenvalue weighted by Gasteiger charge is -1.94. The van der Waals surface area contributed by atoms with Crippen molar-refractivity contribution in [3.8, 4) is 11.4 Å². The first-order valence-electron chi connectivity index (χ1n) is 5.59. The molecule has 1 aromatic carbocycles. The molecule has 98 valence electrons. The number of aromatic nitrogens is 4. The topological polar surface area (TPSA) is 69.9 Å². The van der Waals surface area contributed by atoms with E-state index in [9.17, 15) is 4.79 Å². The smallest absolute Gasteiger partial charge is 0.332 e. The minimum absolute atomic E-state index is 0.331. The molecule has 19 heavy (non-hydrogen) atoms. The van der Waals surface area contributed by atoms with Crippen molar-refractivity contribution in [2.24, 2.45) is 0 Å². The van der Waals surface area contributed by atoms with Crippen LogP contribution in [0.3, 0.4) is 0 Å². The number of tetrazole rings is 1. The first-order valence-corrected chi connectivity index (χ1v) is 6.38. The van der Waals surface area contributed by atoms with Gasteiger partial charge in [-0.15, -0.1) is 15.0 Å². The molecule has 0 atom stereocenters. The maximum atomic E-state index is 11.1. The van der Waals surface area contributed by atoms with Crippen LogP contribution in [0.2, 0.25) is 0 Å². The van der Waals surface area contributed by atoms with Crippen molar-refractivity contribution in [2.75, 3.05) is 6.61 Å². The molecule has 0 bridgehead atoms. The Hall–Kier alpha value is -2.02. The van der Waals surface area contributed by atoms with E-state index < -0.39 is 5.97 Å². The third-order valence-electron chi connectivity index (χ3n) is 2.14. The van der Waals surface area contributed by atoms with Crippen LogP contribution in [0.4, 0.5) is 0 Å². The number of esters is 1. The first-order chi connectivity index (χ1) is 9.19. The molecule has 0 saturated heterocycles. The fourth-order valence-electron chi connectivity index (χ4n) is 1.35. The average molecular weight is 323 g/mol. The van der Waals surface area contributed by atoms with Gasteiger partial charge < -0.3 is 4.74 Å². The number of benzene rings is 1. The van der Waals surface area contributed by atoms with Gasteiger partial charge in [0.2, 0.25) is 5.82 Å². The molecule has 0 unspecified atom stereocenters. The van der Waals surface area contributed by atoms with Gasteiger partial charge >= 0.3 is 5.97 Å². The molecule has 0 saturated carbocycles. The Kier molecular flexibility index (Phi) is 4.40. The maximum Gasteiger partial charge on any atom is 0.332 e. The van der Waals surface area contributed by atoms with Gasteiger partial charge in [-0.3, -0.25) is 0 Å². The molecule has 2 aromatic rings. The van der Waals surface area contributed by atoms with Crippen LogP contribution in [0.5, 0.6) is 0 Å². The van der Waals surface area contributed by atoms with Gasteiger partial charge in [0.15, 0.2) is 0 Å². The normalized spacial score (nSPS) is 10.8. The molecule has 1 heterocycles. The highest BCUT2D eigenvalue weighted by atomic mass is 79.9. The van der Waals surface area contributed by atoms with Crippen LogP contribution in [-0.4, -0.2) is 32.8 Å². The Balaban J connectivity index is 2.13. The summed E-state index contributed by atoms with van der Waals surface area (Å²) < 4.78 is 5.68. The summed E-state index contributed by atoms with van der Waals surface area (Å²) in [6, 6.07) is 7.56. The quantitative estimate of drug-likeness (QED) is 0.637. The highest BCUT2D eigenvalue weighted by molar-refractivity contribution is 9.10. The SMILES string of the molecule is CCOC(=O)/C=C/n1nnc(-c2cccc(Br)c2)n1. The van der Waals surface area contributed by atoms with Crippen molar-refractivity contribution in [2.45, 2.75) is 6.92 Å². The van der Waals surface area contributed by atoms with Crippen LogP contribution in [0.15, 0.2) is 34.8 Å². The maximum absolute atomic E-state index is 11.1. The summed E-state index contributed by atoms with van der Waals surface area (Å²) in [5.41, 5.74) is 0.838. The number of nitrogens with zero attached hydrogens (tertiary/aromatic N) is 4. The number of ether oxygens (including phenoxy) is 1. The number of rotatable bonds is 4. The summed E-state index contributed by atoms with van der Waals surface area (Å²) >= 11 is 3.38. The molecule has 6 nitrogen and oxygen atoms in total. The van der Waals surface area contributed by atoms with E-state index in [1.54, 1.807) is 6.92 Å². The third kappa shape index (κ3) is 3.72. The molecule has 1 aromatic heterocycles. The van der Waals surface area contributed by atoms with Crippen LogP contribution in [0.1, 0.15) is 6.92 Å². The molecule has 0 N–H and O–H groups in total. The summed E-state index contributed by atoms with van der Waals surface area (Å²) in [6.45, 7) is 2.07. The molecule has 0 fully saturated rings. The molecule has 0 amide bonds. The van der Waals surface area contributed by atoms with Gasteiger partial charge in [0.25, 0.3) is 0 Å². The monoisotopic (exact) mass is 322 g/mol. The van der Waals surface area contributed by atoms with Crippen molar-refractivity contribution >= 4 is 28.1 Å². The lowest BCUT2D eigenvalue weighted by atomic mass is 10.2. The Labute approximate surface area is 118 Å². The average Bonchev–Trinajstić information content (AvgIpc) is 2.85. The summed E-state index contributed by atoms with van der Waals surface area (Å²) in [4.78, 5) is 12.3. The Morgan fingerprint density at radius 1 is 1.53 bits per heavy atom. The van der Waals surface area contributed by atoms with E-state index in [-0.39, 0.29) is 0 Å². The Morgan fingerprint density at radius 2 is 2.37 bits per heavy atom. The van der Waals surface area contributed by atoms with Gasteiger partial charge in [-0.2, -0.15) is 0 Å². The molecule has 0 aliphatic carbocycles. The lowest BCUT2D eigenvalue weighted by Crippen LogP contribution is -2.01. The van der Waals surface area contributed by atoms with E-state index in [2.05, 4.69) is 31.3 Å². The van der Waals surface area contributed by atoms with Gasteiger partial charge in [-0.25, -0.2) is 4.79 Å². The molecule has 2 rings (SSSR count). The predicted octanol–water partition coefficient (Wildman–Crippen LogP) is 2.14. The number of carbonyl (C=O) groups is 1. The van der Waals surface area contributed by atoms with E-state index in [0.717, 1.165) is 10.0 Å². The second-order valence-corrected chi connectivity index (χ2v) is 4.43. The second-order valence-electron chi connectivity index (χ2n) is 3.51. The van der Waals surface area contributed by atoms with Crippen LogP contribution < -0.4 is 0 Å². The fraction of sp³-hybridized carbons (Fsp3) is 0.167. The van der Waals surface area contributed by atoms with Gasteiger partial charge in [0, 0.05) is 16.1 Å². The van der Waals surface area contributed by atoms with E-state index in [1.165, 1.54) is 17.1 Å². The molecular weight excluding hydrogens is 312 g/mol. The molecule has 7 heteroatoms. The van der Waals surface area contributed by atoms with Gasteiger partial charge in [0.05, 0.1) is 12.8 Å². The van der Waals surface area contributed by atoms with E-state index >= 15 is 0 Å². The standard InChI is InChI=1S/C12H11BrN4O2/c1-2-19-11(18)6-7-17-15-12(14-16-17)9-4-3-5-10(13)8-9/h3-8H,2H2,1H3/b7-6+. The summed E-state index contributed by atoms with van der Waals surface area (Å²) in [5.74, 6) is 0.0404. The fourth-order valence-corrected chi connectivity index (χ4v) is 1.75. The molecule has 0 aliphatic heterocycles. The molecule has 0 spiro atoms. The van der Waals surface area contributed by atoms with Gasteiger partial charge in [0.1, 0.15) is 0 Å². The lowest BCUT2D eigenvalue weighted by molar-refractivity contribution is -0.137. The van der Waals surface area contributed by atoms with Crippen molar-refractivity contribution in [1.29, 1.82) is 0 Å². The molecule has 0 aliphatic rings. The Bertz CT molecular complexity index is 609. The third-order valence-corrected chi connectivity index (χ3v) is 2.63. The van der Waals surface area contributed by atoms with Crippen molar-refractivity contribution < 1.29 is 9.53 Å². The number of hydrogen-bond donors (Lipinski definition) is 0. The van der Waals surface area contributed by atoms with Crippen LogP contribution >= 0.6 is 15.9 Å². The second kappa shape index (κ2) is 6.24. The zero-order chi connectivity index (χ0) is 13.7. The predicted molar refractivity (Wildman–Crippen MR) is 72.9 cm³/mol. The Morgan fingerprint density at radius 3 is 3.11 bits per heavy atom. The van der Waals surface area contributed by atoms with Crippen LogP contribution in [0, 0.1) is 0 Å². The highest BCUT2D eigenvalue weighted by Gasteiger charge is 2.05. The van der Waals surface area contributed by atoms with Crippen molar-refractivity contribution in [3.63, 3.8) is 0 Å². The largest absolute Gasteiger partial charge is 0.463 e. The highest BCUT2D eigenvalue weighted by Crippen LogP contribution is 2.18. The molecular formula is C12H11BrN4O2. The van der Waals surface area contributed by atoms with E-state index in [1.807, 2.05) is 24.3 Å². The molecule has 0 radical (unpaired) electrons. The number of halogens is 1. The summed E-state index contributed by atoms with van der Waals surface area (Å²) in [7, 11) is 0. The van der Waals surface area contributed by atoms with Crippen LogP contribution in [-0.2, 0) is 9.53 Å². The summed E-state index contributed by atoms with van der Waals surface area (Å²) in [6.07, 6.45) is 2.64. The van der Waals surface area contributed by atoms with Crippen molar-refractivity contribution in [1.82, 2.24) is 20.2 Å². The van der Waals surface area contributed by atoms with Crippen LogP contribution in [0.25, 0.3) is 17.6 Å². The number of hydrogen-bond acceptors (Lipinski definition) is 5. The van der Waals surface area contributed by atoms with Gasteiger partial charge in [-0.05, 0) is 24.3 Å².